The Morgan fingerprint density at radius 3 is 3.00 bits per heavy atom. The number of methoxy groups -OCH3 is 1. The van der Waals surface area contributed by atoms with Gasteiger partial charge in [0.25, 0.3) is 0 Å². The molecule has 0 aliphatic carbocycles. The normalized spacial score (nSPS) is 9.58. The van der Waals surface area contributed by atoms with E-state index in [9.17, 15) is 9.18 Å². The van der Waals surface area contributed by atoms with Crippen molar-refractivity contribution in [2.75, 3.05) is 7.11 Å². The molecule has 1 aromatic heterocycles. The molecular formula is C7H5FINO2. The van der Waals surface area contributed by atoms with Crippen molar-refractivity contribution in [3.8, 4) is 0 Å². The van der Waals surface area contributed by atoms with E-state index in [0.717, 1.165) is 0 Å². The van der Waals surface area contributed by atoms with Gasteiger partial charge in [0.1, 0.15) is 3.70 Å². The molecule has 0 aliphatic rings. The molecule has 0 bridgehead atoms. The third-order valence-electron chi connectivity index (χ3n) is 1.25. The number of carbonyl (C=O) groups excluding carboxylic acids is 1. The number of carbonyl (C=O) groups is 1. The first kappa shape index (κ1) is 9.37. The monoisotopic (exact) mass is 281 g/mol. The van der Waals surface area contributed by atoms with Gasteiger partial charge in [0.15, 0.2) is 5.82 Å². The lowest BCUT2D eigenvalue weighted by atomic mass is 10.3. The first-order chi connectivity index (χ1) is 5.66. The van der Waals surface area contributed by atoms with Gasteiger partial charge in [0, 0.05) is 6.20 Å². The lowest BCUT2D eigenvalue weighted by molar-refractivity contribution is 0.0595. The minimum atomic E-state index is -0.687. The van der Waals surface area contributed by atoms with Gasteiger partial charge < -0.3 is 4.74 Å². The van der Waals surface area contributed by atoms with Gasteiger partial charge in [0.05, 0.1) is 12.7 Å². The number of hydrogen-bond donors (Lipinski definition) is 0. The highest BCUT2D eigenvalue weighted by atomic mass is 127. The van der Waals surface area contributed by atoms with E-state index in [4.69, 9.17) is 0 Å². The quantitative estimate of drug-likeness (QED) is 0.446. The highest BCUT2D eigenvalue weighted by Gasteiger charge is 2.14. The predicted molar refractivity (Wildman–Crippen MR) is 48.3 cm³/mol. The Kier molecular flexibility index (Phi) is 2.96. The molecule has 3 nitrogen and oxygen atoms in total. The molecule has 0 aromatic carbocycles. The molecule has 0 fully saturated rings. The molecule has 0 saturated heterocycles. The summed E-state index contributed by atoms with van der Waals surface area (Å²) in [6, 6.07) is 1.28. The number of halogens is 2. The van der Waals surface area contributed by atoms with Gasteiger partial charge in [-0.05, 0) is 28.7 Å². The summed E-state index contributed by atoms with van der Waals surface area (Å²) in [4.78, 5) is 14.6. The molecule has 0 amide bonds. The van der Waals surface area contributed by atoms with E-state index in [-0.39, 0.29) is 9.26 Å². The lowest BCUT2D eigenvalue weighted by Gasteiger charge is -2.00. The van der Waals surface area contributed by atoms with Crippen LogP contribution in [0.1, 0.15) is 10.4 Å². The zero-order valence-electron chi connectivity index (χ0n) is 6.17. The Labute approximate surface area is 82.1 Å². The molecule has 12 heavy (non-hydrogen) atoms. The Hall–Kier alpha value is -0.720. The average molecular weight is 281 g/mol. The molecule has 5 heteroatoms. The summed E-state index contributed by atoms with van der Waals surface area (Å²) in [5, 5.41) is 0. The topological polar surface area (TPSA) is 39.2 Å². The van der Waals surface area contributed by atoms with Crippen LogP contribution < -0.4 is 0 Å². The van der Waals surface area contributed by atoms with Crippen molar-refractivity contribution in [3.63, 3.8) is 0 Å². The molecule has 0 unspecified atom stereocenters. The van der Waals surface area contributed by atoms with Gasteiger partial charge in [-0.1, -0.05) is 0 Å². The van der Waals surface area contributed by atoms with Crippen LogP contribution in [-0.2, 0) is 4.74 Å². The van der Waals surface area contributed by atoms with Gasteiger partial charge in [-0.2, -0.15) is 0 Å². The fourth-order valence-corrected chi connectivity index (χ4v) is 1.14. The molecule has 64 valence electrons. The second-order valence-corrected chi connectivity index (χ2v) is 2.98. The van der Waals surface area contributed by atoms with Crippen LogP contribution in [0.2, 0.25) is 0 Å². The summed E-state index contributed by atoms with van der Waals surface area (Å²) in [5.74, 6) is -1.32. The molecule has 0 N–H and O–H groups in total. The van der Waals surface area contributed by atoms with Gasteiger partial charge >= 0.3 is 5.97 Å². The van der Waals surface area contributed by atoms with Crippen LogP contribution in [0.25, 0.3) is 0 Å². The maximum absolute atomic E-state index is 13.1. The van der Waals surface area contributed by atoms with Crippen molar-refractivity contribution in [3.05, 3.63) is 27.3 Å². The number of ether oxygens (including phenoxy) is 1. The van der Waals surface area contributed by atoms with Crippen molar-refractivity contribution < 1.29 is 13.9 Å². The standard InChI is InChI=1S/C7H5FINO2/c1-12-7(11)4-2-3-10-6(9)5(4)8/h2-3H,1H3. The van der Waals surface area contributed by atoms with Gasteiger partial charge in [0.2, 0.25) is 0 Å². The highest BCUT2D eigenvalue weighted by molar-refractivity contribution is 14.1. The molecule has 0 spiro atoms. The third-order valence-corrected chi connectivity index (χ3v) is 2.00. The van der Waals surface area contributed by atoms with Crippen LogP contribution in [0.3, 0.4) is 0 Å². The molecule has 0 radical (unpaired) electrons. The lowest BCUT2D eigenvalue weighted by Crippen LogP contribution is -2.06. The van der Waals surface area contributed by atoms with Crippen LogP contribution >= 0.6 is 22.6 Å². The summed E-state index contributed by atoms with van der Waals surface area (Å²) < 4.78 is 17.6. The third kappa shape index (κ3) is 1.71. The first-order valence-corrected chi connectivity index (χ1v) is 4.13. The smallest absolute Gasteiger partial charge is 0.341 e. The number of hydrogen-bond acceptors (Lipinski definition) is 3. The van der Waals surface area contributed by atoms with Crippen LogP contribution in [0.5, 0.6) is 0 Å². The maximum atomic E-state index is 13.1. The fourth-order valence-electron chi connectivity index (χ4n) is 0.686. The van der Waals surface area contributed by atoms with E-state index in [1.165, 1.54) is 19.4 Å². The summed E-state index contributed by atoms with van der Waals surface area (Å²) in [7, 11) is 1.20. The Bertz CT molecular complexity index is 316. The molecule has 1 heterocycles. The fraction of sp³-hybridized carbons (Fsp3) is 0.143. The Balaban J connectivity index is 3.16. The van der Waals surface area contributed by atoms with E-state index in [0.29, 0.717) is 0 Å². The molecular weight excluding hydrogens is 276 g/mol. The second kappa shape index (κ2) is 3.79. The number of esters is 1. The van der Waals surface area contributed by atoms with Crippen molar-refractivity contribution in [2.45, 2.75) is 0 Å². The van der Waals surface area contributed by atoms with Crippen molar-refractivity contribution >= 4 is 28.6 Å². The van der Waals surface area contributed by atoms with E-state index < -0.39 is 11.8 Å². The molecule has 0 saturated carbocycles. The van der Waals surface area contributed by atoms with Gasteiger partial charge in [-0.3, -0.25) is 0 Å². The maximum Gasteiger partial charge on any atom is 0.341 e. The van der Waals surface area contributed by atoms with Crippen LogP contribution in [0.4, 0.5) is 4.39 Å². The van der Waals surface area contributed by atoms with Gasteiger partial charge in [-0.25, -0.2) is 14.2 Å². The van der Waals surface area contributed by atoms with Crippen LogP contribution in [0, 0.1) is 9.52 Å². The average Bonchev–Trinajstić information content (AvgIpc) is 2.08. The Morgan fingerprint density at radius 1 is 1.75 bits per heavy atom. The predicted octanol–water partition coefficient (Wildman–Crippen LogP) is 1.61. The van der Waals surface area contributed by atoms with E-state index in [2.05, 4.69) is 9.72 Å². The van der Waals surface area contributed by atoms with E-state index in [1.54, 1.807) is 22.6 Å². The van der Waals surface area contributed by atoms with Crippen LogP contribution in [0.15, 0.2) is 12.3 Å². The summed E-state index contributed by atoms with van der Waals surface area (Å²) >= 11 is 1.71. The minimum Gasteiger partial charge on any atom is -0.465 e. The van der Waals surface area contributed by atoms with E-state index >= 15 is 0 Å². The number of pyridine rings is 1. The SMILES string of the molecule is COC(=O)c1ccnc(I)c1F. The zero-order chi connectivity index (χ0) is 9.14. The zero-order valence-corrected chi connectivity index (χ0v) is 8.33. The van der Waals surface area contributed by atoms with Crippen LogP contribution in [-0.4, -0.2) is 18.1 Å². The molecule has 1 rings (SSSR count). The second-order valence-electron chi connectivity index (χ2n) is 1.95. The highest BCUT2D eigenvalue weighted by Crippen LogP contribution is 2.12. The first-order valence-electron chi connectivity index (χ1n) is 3.05. The number of aromatic nitrogens is 1. The number of rotatable bonds is 1. The van der Waals surface area contributed by atoms with E-state index in [1.807, 2.05) is 0 Å². The number of nitrogens with zero attached hydrogens (tertiary/aromatic N) is 1. The molecule has 0 aliphatic heterocycles. The largest absolute Gasteiger partial charge is 0.465 e. The van der Waals surface area contributed by atoms with Crippen molar-refractivity contribution in [1.82, 2.24) is 4.98 Å². The molecule has 0 atom stereocenters. The van der Waals surface area contributed by atoms with Crippen molar-refractivity contribution in [2.24, 2.45) is 0 Å². The summed E-state index contributed by atoms with van der Waals surface area (Å²) in [5.41, 5.74) is -0.0862. The summed E-state index contributed by atoms with van der Waals surface area (Å²) in [6.07, 6.45) is 1.36. The van der Waals surface area contributed by atoms with Gasteiger partial charge in [-0.15, -0.1) is 0 Å². The summed E-state index contributed by atoms with van der Waals surface area (Å²) in [6.45, 7) is 0. The Morgan fingerprint density at radius 2 is 2.42 bits per heavy atom. The van der Waals surface area contributed by atoms with Crippen molar-refractivity contribution in [1.29, 1.82) is 0 Å². The molecule has 1 aromatic rings. The minimum absolute atomic E-state index is 0.0862.